The molecule has 9 heterocycles. The molecule has 13 rings (SSSR count). The standard InChI is InChI=1S/C24H16F3N7O2.C13H9F3N6.C11H8ClNO2.C11H9NO3.C9H8O3/c1-14-29-13-19(36-14)15-4-2-5-16(10-15)23(35)30-21-7-8-22(32-31-21)34-20(24(25,26)27)11-18(33-34)17-6-3-9-28-12-17;14-13(15,16)10-6-9(8-2-1-5-18-7-8)21-22(10)12-4-3-11(17)19-20-12;1-7-13-6-10(15-7)8-3-2-4-9(5-8)11(12)14;1-7-12-6-10(15-7)8-3-2-4-9(5-8)11(13)14;1-6(10)7-3-2-4-8(5-7)9(11)12/h2-13H,1H3,(H,30,31,35);1-7H,(H2,17,19);2-6H,1H3;2-6H,1H3,(H,13,14);2-5H,1H3,(H,11,12). The lowest BCUT2D eigenvalue weighted by atomic mass is 10.1. The number of carbonyl (C=O) groups excluding carboxylic acids is 3. The van der Waals surface area contributed by atoms with E-state index in [9.17, 15) is 50.3 Å². The molecule has 0 saturated heterocycles. The van der Waals surface area contributed by atoms with Crippen molar-refractivity contribution >= 4 is 52.1 Å². The Kier molecular flexibility index (Phi) is 22.5. The zero-order valence-corrected chi connectivity index (χ0v) is 53.0. The quantitative estimate of drug-likeness (QED) is 0.0473. The molecule has 0 unspecified atom stereocenters. The van der Waals surface area contributed by atoms with Gasteiger partial charge in [-0.3, -0.25) is 24.4 Å². The van der Waals surface area contributed by atoms with E-state index < -0.39 is 46.8 Å². The van der Waals surface area contributed by atoms with E-state index in [1.807, 2.05) is 6.07 Å². The van der Waals surface area contributed by atoms with Crippen molar-refractivity contribution in [3.05, 3.63) is 258 Å². The molecule has 0 spiro atoms. The van der Waals surface area contributed by atoms with Gasteiger partial charge in [-0.1, -0.05) is 54.6 Å². The number of nitrogen functional groups attached to an aromatic ring is 1. The van der Waals surface area contributed by atoms with Gasteiger partial charge in [0.25, 0.3) is 11.1 Å². The molecule has 0 aliphatic carbocycles. The number of aryl methyl sites for hydroxylation is 3. The van der Waals surface area contributed by atoms with Crippen molar-refractivity contribution in [2.24, 2.45) is 0 Å². The Bertz CT molecular complexity index is 4900. The van der Waals surface area contributed by atoms with E-state index in [0.717, 1.165) is 23.3 Å². The van der Waals surface area contributed by atoms with Gasteiger partial charge in [-0.15, -0.1) is 20.4 Å². The van der Waals surface area contributed by atoms with Crippen LogP contribution in [0.4, 0.5) is 38.0 Å². The molecule has 0 fully saturated rings. The predicted molar refractivity (Wildman–Crippen MR) is 348 cm³/mol. The molecular weight excluding hydrogens is 1340 g/mol. The maximum absolute atomic E-state index is 13.7. The zero-order chi connectivity index (χ0) is 71.8. The average molecular weight is 1390 g/mol. The second kappa shape index (κ2) is 31.6. The molecule has 0 aliphatic heterocycles. The van der Waals surface area contributed by atoms with Gasteiger partial charge in [0.1, 0.15) is 5.82 Å². The molecule has 100 heavy (non-hydrogen) atoms. The largest absolute Gasteiger partial charge is 0.478 e. The SMILES string of the molecule is CC(=O)c1cccc(C(=O)O)c1.Cc1ncc(-c2cccc(C(=O)Cl)c2)o1.Cc1ncc(-c2cccc(C(=O)Nc3ccc(-n4nc(-c5cccnc5)cc4C(F)(F)F)nn3)c2)o1.Cc1ncc(-c2cccc(C(=O)O)c2)o1.Nc1ccc(-n2nc(-c3cccnc3)cc2C(F)(F)F)nn1. The second-order valence-corrected chi connectivity index (χ2v) is 21.0. The number of alkyl halides is 6. The Balaban J connectivity index is 0.000000156. The fraction of sp³-hybridized carbons (Fsp3) is 0.0882. The highest BCUT2D eigenvalue weighted by molar-refractivity contribution is 6.67. The minimum atomic E-state index is -4.69. The van der Waals surface area contributed by atoms with Gasteiger partial charge < -0.3 is 34.5 Å². The zero-order valence-electron chi connectivity index (χ0n) is 52.2. The predicted octanol–water partition coefficient (Wildman–Crippen LogP) is 14.2. The number of amides is 1. The number of carboxylic acid groups (broad SMARTS) is 2. The van der Waals surface area contributed by atoms with Gasteiger partial charge in [0.2, 0.25) is 0 Å². The molecule has 32 heteroatoms. The number of hydrogen-bond acceptors (Lipinski definition) is 20. The number of carbonyl (C=O) groups is 5. The van der Waals surface area contributed by atoms with E-state index in [-0.39, 0.29) is 51.6 Å². The highest BCUT2D eigenvalue weighted by Crippen LogP contribution is 2.36. The average Bonchev–Trinajstić information content (AvgIpc) is 1.64. The van der Waals surface area contributed by atoms with E-state index >= 15 is 0 Å². The van der Waals surface area contributed by atoms with Crippen LogP contribution in [0.5, 0.6) is 0 Å². The number of benzene rings is 4. The maximum Gasteiger partial charge on any atom is 0.433 e. The van der Waals surface area contributed by atoms with Crippen LogP contribution in [0.1, 0.15) is 87.8 Å². The topological polar surface area (TPSA) is 355 Å². The van der Waals surface area contributed by atoms with Crippen LogP contribution < -0.4 is 11.1 Å². The number of aromatic nitrogens is 13. The number of rotatable bonds is 13. The summed E-state index contributed by atoms with van der Waals surface area (Å²) in [7, 11) is 0. The van der Waals surface area contributed by atoms with Crippen molar-refractivity contribution in [1.29, 1.82) is 0 Å². The second-order valence-electron chi connectivity index (χ2n) is 20.7. The van der Waals surface area contributed by atoms with E-state index in [0.29, 0.717) is 77.7 Å². The number of anilines is 2. The Morgan fingerprint density at radius 2 is 0.870 bits per heavy atom. The molecular formula is C68H50ClF6N15O10. The van der Waals surface area contributed by atoms with Crippen LogP contribution in [-0.2, 0) is 12.4 Å². The molecule has 0 bridgehead atoms. The summed E-state index contributed by atoms with van der Waals surface area (Å²) >= 11 is 5.38. The van der Waals surface area contributed by atoms with Gasteiger partial charge in [-0.25, -0.2) is 33.9 Å². The van der Waals surface area contributed by atoms with Crippen molar-refractivity contribution in [3.8, 4) is 68.1 Å². The third-order valence-electron chi connectivity index (χ3n) is 13.5. The minimum absolute atomic E-state index is 0.0536. The van der Waals surface area contributed by atoms with Gasteiger partial charge in [0.05, 0.1) is 41.1 Å². The number of nitrogens with one attached hydrogen (secondary N) is 1. The number of nitrogens with two attached hydrogens (primary N) is 1. The first kappa shape index (κ1) is 71.1. The number of Topliss-reactive ketones (excluding diaryl/α,β-unsaturated/α-hetero) is 1. The van der Waals surface area contributed by atoms with Gasteiger partial charge in [0, 0.05) is 90.1 Å². The lowest BCUT2D eigenvalue weighted by Gasteiger charge is -2.09. The van der Waals surface area contributed by atoms with Crippen molar-refractivity contribution < 1.29 is 73.8 Å². The summed E-state index contributed by atoms with van der Waals surface area (Å²) in [4.78, 5) is 75.5. The molecule has 506 valence electrons. The van der Waals surface area contributed by atoms with Crippen LogP contribution in [-0.4, -0.2) is 104 Å². The Hall–Kier alpha value is -13.2. The first-order valence-corrected chi connectivity index (χ1v) is 29.3. The van der Waals surface area contributed by atoms with Crippen LogP contribution in [0.25, 0.3) is 68.1 Å². The lowest BCUT2D eigenvalue weighted by Crippen LogP contribution is -2.16. The third-order valence-corrected chi connectivity index (χ3v) is 13.7. The van der Waals surface area contributed by atoms with Crippen LogP contribution in [0.15, 0.2) is 214 Å². The van der Waals surface area contributed by atoms with Gasteiger partial charge in [0.15, 0.2) is 69.6 Å². The summed E-state index contributed by atoms with van der Waals surface area (Å²) in [5.74, 6) is 0.712. The van der Waals surface area contributed by atoms with Crippen LogP contribution in [0.2, 0.25) is 0 Å². The van der Waals surface area contributed by atoms with Gasteiger partial charge in [-0.2, -0.15) is 36.5 Å². The number of carboxylic acids is 2. The molecule has 0 radical (unpaired) electrons. The Labute approximate surface area is 565 Å². The van der Waals surface area contributed by atoms with Gasteiger partial charge >= 0.3 is 24.3 Å². The number of hydrogen-bond donors (Lipinski definition) is 4. The monoisotopic (exact) mass is 1390 g/mol. The highest BCUT2D eigenvalue weighted by atomic mass is 35.5. The van der Waals surface area contributed by atoms with Crippen molar-refractivity contribution in [2.45, 2.75) is 40.0 Å². The summed E-state index contributed by atoms with van der Waals surface area (Å²) in [5.41, 5.74) is 8.26. The summed E-state index contributed by atoms with van der Waals surface area (Å²) in [6.07, 6.45) is 1.36. The molecule has 0 aliphatic rings. The summed E-state index contributed by atoms with van der Waals surface area (Å²) in [6.45, 7) is 6.62. The molecule has 4 aromatic carbocycles. The summed E-state index contributed by atoms with van der Waals surface area (Å²) in [6, 6.07) is 39.7. The number of ketones is 1. The maximum atomic E-state index is 13.7. The molecule has 25 nitrogen and oxygen atoms in total. The summed E-state index contributed by atoms with van der Waals surface area (Å²) < 4.78 is 98.0. The number of halogens is 7. The molecule has 0 saturated carbocycles. The summed E-state index contributed by atoms with van der Waals surface area (Å²) in [5, 5.41) is 42.4. The van der Waals surface area contributed by atoms with E-state index in [1.54, 1.807) is 136 Å². The normalized spacial score (nSPS) is 10.9. The third kappa shape index (κ3) is 18.8. The lowest BCUT2D eigenvalue weighted by molar-refractivity contribution is -0.143. The fourth-order valence-corrected chi connectivity index (χ4v) is 8.86. The minimum Gasteiger partial charge on any atom is -0.478 e. The number of pyridine rings is 2. The number of oxazole rings is 3. The Morgan fingerprint density at radius 3 is 1.25 bits per heavy atom. The van der Waals surface area contributed by atoms with E-state index in [4.69, 9.17) is 40.8 Å². The van der Waals surface area contributed by atoms with Crippen molar-refractivity contribution in [3.63, 3.8) is 0 Å². The van der Waals surface area contributed by atoms with E-state index in [1.165, 1.54) is 74.2 Å². The van der Waals surface area contributed by atoms with Crippen molar-refractivity contribution in [1.82, 2.24) is 64.9 Å². The first-order chi connectivity index (χ1) is 47.7. The molecule has 1 amide bonds. The van der Waals surface area contributed by atoms with Crippen LogP contribution in [0, 0.1) is 20.8 Å². The van der Waals surface area contributed by atoms with Gasteiger partial charge in [-0.05, 0) is 122 Å². The smallest absolute Gasteiger partial charge is 0.433 e. The Morgan fingerprint density at radius 1 is 0.470 bits per heavy atom. The van der Waals surface area contributed by atoms with Crippen molar-refractivity contribution in [2.75, 3.05) is 11.1 Å². The molecule has 0 atom stereocenters. The molecule has 5 N–H and O–H groups in total. The number of nitrogens with zero attached hydrogens (tertiary/aromatic N) is 13. The van der Waals surface area contributed by atoms with Crippen LogP contribution in [0.3, 0.4) is 0 Å². The first-order valence-electron chi connectivity index (χ1n) is 28.9. The molecule has 9 aromatic heterocycles. The number of aromatic carboxylic acids is 2. The fourth-order valence-electron chi connectivity index (χ4n) is 8.74. The molecule has 13 aromatic rings. The van der Waals surface area contributed by atoms with Crippen LogP contribution >= 0.6 is 11.6 Å². The van der Waals surface area contributed by atoms with E-state index in [2.05, 4.69) is 60.8 Å². The highest BCUT2D eigenvalue weighted by Gasteiger charge is 2.38.